The lowest BCUT2D eigenvalue weighted by Gasteiger charge is -2.08. The predicted octanol–water partition coefficient (Wildman–Crippen LogP) is 1.40. The van der Waals surface area contributed by atoms with E-state index < -0.39 is 0 Å². The molecular formula is C8H12N2. The molecule has 0 heterocycles. The highest BCUT2D eigenvalue weighted by atomic mass is 15.0. The molecule has 1 rings (SSSR count). The van der Waals surface area contributed by atoms with Crippen LogP contribution in [0.25, 0.3) is 0 Å². The van der Waals surface area contributed by atoms with Gasteiger partial charge < -0.3 is 11.1 Å². The number of anilines is 1. The standard InChI is InChI=1S/C8H12N2/c1-7(9)10-8-5-3-2-4-6-8/h2-7,10H,9H2,1H3/t7-/m0/s1. The van der Waals surface area contributed by atoms with Crippen molar-refractivity contribution >= 4 is 5.69 Å². The van der Waals surface area contributed by atoms with Gasteiger partial charge in [-0.25, -0.2) is 0 Å². The fourth-order valence-electron chi connectivity index (χ4n) is 0.797. The average molecular weight is 136 g/mol. The maximum Gasteiger partial charge on any atom is 0.0714 e. The SMILES string of the molecule is C[C@@H](N)Nc1ccccc1. The molecule has 0 bridgehead atoms. The van der Waals surface area contributed by atoms with Gasteiger partial charge in [0, 0.05) is 5.69 Å². The Balaban J connectivity index is 2.59. The molecule has 1 aromatic carbocycles. The summed E-state index contributed by atoms with van der Waals surface area (Å²) in [6.45, 7) is 1.91. The Kier molecular flexibility index (Phi) is 2.29. The van der Waals surface area contributed by atoms with Crippen LogP contribution >= 0.6 is 0 Å². The molecule has 1 atom stereocenters. The summed E-state index contributed by atoms with van der Waals surface area (Å²) >= 11 is 0. The minimum absolute atomic E-state index is 0.0161. The van der Waals surface area contributed by atoms with Gasteiger partial charge in [0.2, 0.25) is 0 Å². The van der Waals surface area contributed by atoms with Gasteiger partial charge in [-0.15, -0.1) is 0 Å². The topological polar surface area (TPSA) is 38.0 Å². The molecular weight excluding hydrogens is 124 g/mol. The Morgan fingerprint density at radius 3 is 2.40 bits per heavy atom. The molecule has 0 unspecified atom stereocenters. The Hall–Kier alpha value is -1.02. The van der Waals surface area contributed by atoms with E-state index in [-0.39, 0.29) is 6.17 Å². The van der Waals surface area contributed by atoms with Crippen molar-refractivity contribution in [2.75, 3.05) is 5.32 Å². The van der Waals surface area contributed by atoms with Gasteiger partial charge in [-0.1, -0.05) is 18.2 Å². The maximum atomic E-state index is 5.51. The molecule has 0 saturated carbocycles. The highest BCUT2D eigenvalue weighted by Gasteiger charge is 1.90. The first-order valence-corrected chi connectivity index (χ1v) is 3.36. The number of nitrogens with one attached hydrogen (secondary N) is 1. The van der Waals surface area contributed by atoms with Crippen molar-refractivity contribution in [3.8, 4) is 0 Å². The molecule has 1 aromatic rings. The van der Waals surface area contributed by atoms with Gasteiger partial charge in [-0.05, 0) is 19.1 Å². The lowest BCUT2D eigenvalue weighted by molar-refractivity contribution is 0.852. The van der Waals surface area contributed by atoms with Gasteiger partial charge in [0.15, 0.2) is 0 Å². The number of rotatable bonds is 2. The smallest absolute Gasteiger partial charge is 0.0714 e. The van der Waals surface area contributed by atoms with Crippen molar-refractivity contribution in [3.05, 3.63) is 30.3 Å². The minimum atomic E-state index is 0.0161. The highest BCUT2D eigenvalue weighted by molar-refractivity contribution is 5.42. The molecule has 2 heteroatoms. The summed E-state index contributed by atoms with van der Waals surface area (Å²) in [7, 11) is 0. The van der Waals surface area contributed by atoms with Crippen molar-refractivity contribution in [2.24, 2.45) is 5.73 Å². The van der Waals surface area contributed by atoms with Gasteiger partial charge in [-0.3, -0.25) is 0 Å². The predicted molar refractivity (Wildman–Crippen MR) is 43.7 cm³/mol. The van der Waals surface area contributed by atoms with Crippen LogP contribution in [0, 0.1) is 0 Å². The first-order chi connectivity index (χ1) is 4.79. The van der Waals surface area contributed by atoms with Crippen LogP contribution < -0.4 is 11.1 Å². The molecule has 0 amide bonds. The molecule has 0 aliphatic heterocycles. The summed E-state index contributed by atoms with van der Waals surface area (Å²) in [4.78, 5) is 0. The van der Waals surface area contributed by atoms with Crippen molar-refractivity contribution in [3.63, 3.8) is 0 Å². The number of para-hydroxylation sites is 1. The number of nitrogens with two attached hydrogens (primary N) is 1. The van der Waals surface area contributed by atoms with Gasteiger partial charge in [0.1, 0.15) is 0 Å². The van der Waals surface area contributed by atoms with Crippen molar-refractivity contribution in [1.82, 2.24) is 0 Å². The van der Waals surface area contributed by atoms with E-state index in [0.29, 0.717) is 0 Å². The molecule has 2 nitrogen and oxygen atoms in total. The van der Waals surface area contributed by atoms with Crippen LogP contribution in [0.5, 0.6) is 0 Å². The third kappa shape index (κ3) is 2.07. The zero-order valence-corrected chi connectivity index (χ0v) is 6.04. The van der Waals surface area contributed by atoms with E-state index >= 15 is 0 Å². The van der Waals surface area contributed by atoms with E-state index in [4.69, 9.17) is 5.73 Å². The Morgan fingerprint density at radius 1 is 1.30 bits per heavy atom. The average Bonchev–Trinajstić information content (AvgIpc) is 1.88. The molecule has 3 N–H and O–H groups in total. The Bertz CT molecular complexity index is 182. The molecule has 0 fully saturated rings. The Labute approximate surface area is 61.1 Å². The van der Waals surface area contributed by atoms with Gasteiger partial charge in [-0.2, -0.15) is 0 Å². The normalized spacial score (nSPS) is 12.6. The summed E-state index contributed by atoms with van der Waals surface area (Å²) in [5, 5.41) is 3.08. The van der Waals surface area contributed by atoms with Crippen molar-refractivity contribution < 1.29 is 0 Å². The summed E-state index contributed by atoms with van der Waals surface area (Å²) in [5.41, 5.74) is 6.58. The zero-order chi connectivity index (χ0) is 7.40. The number of benzene rings is 1. The fourth-order valence-corrected chi connectivity index (χ4v) is 0.797. The highest BCUT2D eigenvalue weighted by Crippen LogP contribution is 2.04. The quantitative estimate of drug-likeness (QED) is 0.603. The van der Waals surface area contributed by atoms with Crippen molar-refractivity contribution in [2.45, 2.75) is 13.1 Å². The molecule has 10 heavy (non-hydrogen) atoms. The lowest BCUT2D eigenvalue weighted by Crippen LogP contribution is -2.24. The first-order valence-electron chi connectivity index (χ1n) is 3.36. The summed E-state index contributed by atoms with van der Waals surface area (Å²) in [6, 6.07) is 9.91. The molecule has 0 spiro atoms. The van der Waals surface area contributed by atoms with Crippen LogP contribution in [0.15, 0.2) is 30.3 Å². The zero-order valence-electron chi connectivity index (χ0n) is 6.04. The summed E-state index contributed by atoms with van der Waals surface area (Å²) < 4.78 is 0. The molecule has 0 aliphatic carbocycles. The van der Waals surface area contributed by atoms with E-state index in [1.54, 1.807) is 0 Å². The van der Waals surface area contributed by atoms with Crippen LogP contribution in [-0.4, -0.2) is 6.17 Å². The third-order valence-electron chi connectivity index (χ3n) is 1.17. The monoisotopic (exact) mass is 136 g/mol. The van der Waals surface area contributed by atoms with E-state index in [2.05, 4.69) is 5.32 Å². The summed E-state index contributed by atoms with van der Waals surface area (Å²) in [5.74, 6) is 0. The van der Waals surface area contributed by atoms with Crippen LogP contribution in [-0.2, 0) is 0 Å². The second kappa shape index (κ2) is 3.22. The van der Waals surface area contributed by atoms with E-state index in [0.717, 1.165) is 5.69 Å². The van der Waals surface area contributed by atoms with E-state index in [1.165, 1.54) is 0 Å². The molecule has 54 valence electrons. The Morgan fingerprint density at radius 2 is 1.90 bits per heavy atom. The van der Waals surface area contributed by atoms with E-state index in [1.807, 2.05) is 37.3 Å². The molecule has 0 aliphatic rings. The lowest BCUT2D eigenvalue weighted by atomic mass is 10.3. The summed E-state index contributed by atoms with van der Waals surface area (Å²) in [6.07, 6.45) is 0.0161. The second-order valence-corrected chi connectivity index (χ2v) is 2.30. The van der Waals surface area contributed by atoms with Gasteiger partial charge in [0.25, 0.3) is 0 Å². The van der Waals surface area contributed by atoms with Gasteiger partial charge in [0.05, 0.1) is 6.17 Å². The fraction of sp³-hybridized carbons (Fsp3) is 0.250. The van der Waals surface area contributed by atoms with Crippen molar-refractivity contribution in [1.29, 1.82) is 0 Å². The van der Waals surface area contributed by atoms with Crippen LogP contribution in [0.2, 0.25) is 0 Å². The molecule has 0 radical (unpaired) electrons. The van der Waals surface area contributed by atoms with Crippen LogP contribution in [0.4, 0.5) is 5.69 Å². The second-order valence-electron chi connectivity index (χ2n) is 2.30. The third-order valence-corrected chi connectivity index (χ3v) is 1.17. The van der Waals surface area contributed by atoms with Crippen LogP contribution in [0.3, 0.4) is 0 Å². The van der Waals surface area contributed by atoms with Crippen LogP contribution in [0.1, 0.15) is 6.92 Å². The maximum absolute atomic E-state index is 5.51. The van der Waals surface area contributed by atoms with Gasteiger partial charge >= 0.3 is 0 Å². The minimum Gasteiger partial charge on any atom is -0.370 e. The molecule has 0 aromatic heterocycles. The number of hydrogen-bond donors (Lipinski definition) is 2. The molecule has 0 saturated heterocycles. The largest absolute Gasteiger partial charge is 0.370 e. The first kappa shape index (κ1) is 7.09. The van der Waals surface area contributed by atoms with E-state index in [9.17, 15) is 0 Å². The number of hydrogen-bond acceptors (Lipinski definition) is 2.